The number of carboxylic acids is 1. The maximum Gasteiger partial charge on any atom is 0.336 e. The topological polar surface area (TPSA) is 336 Å². The van der Waals surface area contributed by atoms with Gasteiger partial charge in [0.25, 0.3) is 29.5 Å². The van der Waals surface area contributed by atoms with Crippen LogP contribution in [0.1, 0.15) is 105 Å². The maximum atomic E-state index is 13.5. The van der Waals surface area contributed by atoms with Crippen molar-refractivity contribution >= 4 is 63.9 Å². The van der Waals surface area contributed by atoms with E-state index >= 15 is 0 Å². The van der Waals surface area contributed by atoms with E-state index in [1.807, 2.05) is 34.3 Å². The number of aliphatic carboxylic acids is 1. The molecule has 0 bridgehead atoms. The van der Waals surface area contributed by atoms with Crippen LogP contribution in [0.5, 0.6) is 0 Å². The molecule has 5 amide bonds. The van der Waals surface area contributed by atoms with Crippen LogP contribution in [0, 0.1) is 59.7 Å². The number of hydrogen-bond donors (Lipinski definition) is 7. The van der Waals surface area contributed by atoms with Crippen molar-refractivity contribution in [3.8, 4) is 6.07 Å². The number of aliphatic hydroxyl groups excluding tert-OH is 2. The van der Waals surface area contributed by atoms with Gasteiger partial charge in [-0.2, -0.15) is 5.26 Å². The fourth-order valence-corrected chi connectivity index (χ4v) is 14.5. The number of aliphatic hydroxyl groups is 2. The highest BCUT2D eigenvalue weighted by atomic mass is 19.1. The van der Waals surface area contributed by atoms with Crippen molar-refractivity contribution in [3.63, 3.8) is 0 Å². The van der Waals surface area contributed by atoms with Crippen molar-refractivity contribution in [3.05, 3.63) is 189 Å². The van der Waals surface area contributed by atoms with Gasteiger partial charge in [0.1, 0.15) is 23.5 Å². The van der Waals surface area contributed by atoms with Crippen LogP contribution in [0.15, 0.2) is 110 Å². The molecule has 3 aromatic carbocycles. The van der Waals surface area contributed by atoms with E-state index in [0.717, 1.165) is 79.6 Å². The molecular weight excluding hydrogens is 1410 g/mol. The van der Waals surface area contributed by atoms with Gasteiger partial charge in [0.2, 0.25) is 11.4 Å². The molecule has 0 radical (unpaired) electrons. The molecule has 14 rings (SSSR count). The number of aromatic nitrogens is 3. The highest BCUT2D eigenvalue weighted by molar-refractivity contribution is 5.93. The summed E-state index contributed by atoms with van der Waals surface area (Å²) in [7, 11) is 0. The van der Waals surface area contributed by atoms with E-state index < -0.39 is 89.3 Å². The summed E-state index contributed by atoms with van der Waals surface area (Å²) in [6.45, 7) is 29.7. The van der Waals surface area contributed by atoms with E-state index in [1.54, 1.807) is 81.6 Å². The number of pyridine rings is 3. The Labute approximate surface area is 629 Å². The zero-order chi connectivity index (χ0) is 77.7. The lowest BCUT2D eigenvalue weighted by atomic mass is 9.95. The van der Waals surface area contributed by atoms with Gasteiger partial charge in [0, 0.05) is 147 Å². The standard InChI is InChI=1S/C27H30FN5O4.C24H26FN5O4.C20H24FN3O5.C7H8N2/c1-27(2)36-23(24(37-27)26(35)33-15-18-6-9-30-14-19(18)16-33)25(34)31-13-17-7-10-32(11-8-17)22-5-4-20(28)12-21(22)29-3;25-19-1-2-20(17(9-19)10-26)29-7-4-15(5-8-29)11-28-23(33)21(31)22(32)24(34)30-13-16-3-6-27-12-18(16)14-30;1-20(2)28-16(17(29-20)19(26)27)18(25)23-11-12-6-8-24(9-7-12)15-5-4-13(21)10-14(15)22-3;1-2-8-4-7-5-9-3-6(1)7/h4-6,9,12,14,17,23-24H,7-8,10-11,13,15-16H2,1-2H3,(H,31,34);1-3,6,9,12,15,21-22,31-32H,4-5,7-8,11,13-14H2,(H,28,33);4-5,10,12,16-17H,6-9,11H2,1-2H3,(H,23,25)(H,26,27);1-2,4,9H,3,5H2/t23-,24-;21-,22-;16-,17-;/m111./s1. The smallest absolute Gasteiger partial charge is 0.336 e. The third kappa shape index (κ3) is 20.0. The first-order valence-electron chi connectivity index (χ1n) is 36.2. The Morgan fingerprint density at radius 2 is 0.936 bits per heavy atom. The Bertz CT molecular complexity index is 4360. The predicted octanol–water partition coefficient (Wildman–Crippen LogP) is 6.85. The normalized spacial score (nSPS) is 21.0. The fraction of sp³-hybridized carbons (Fsp3) is 0.462. The average molecular weight is 1500 g/mol. The molecule has 5 saturated heterocycles. The fourth-order valence-electron chi connectivity index (χ4n) is 14.5. The second-order valence-corrected chi connectivity index (χ2v) is 28.9. The molecule has 6 aromatic rings. The largest absolute Gasteiger partial charge is 0.479 e. The van der Waals surface area contributed by atoms with Gasteiger partial charge < -0.3 is 80.0 Å². The van der Waals surface area contributed by atoms with Crippen LogP contribution in [0.3, 0.4) is 0 Å². The highest BCUT2D eigenvalue weighted by Gasteiger charge is 2.52. The van der Waals surface area contributed by atoms with Gasteiger partial charge in [0.05, 0.1) is 24.4 Å². The van der Waals surface area contributed by atoms with Gasteiger partial charge in [-0.25, -0.2) is 27.7 Å². The first kappa shape index (κ1) is 79.4. The first-order valence-corrected chi connectivity index (χ1v) is 36.2. The summed E-state index contributed by atoms with van der Waals surface area (Å²) >= 11 is 0. The van der Waals surface area contributed by atoms with Crippen LogP contribution in [-0.4, -0.2) is 183 Å². The van der Waals surface area contributed by atoms with Gasteiger partial charge in [0.15, 0.2) is 48.2 Å². The number of amides is 5. The summed E-state index contributed by atoms with van der Waals surface area (Å²) < 4.78 is 62.7. The molecule has 31 heteroatoms. The molecule has 6 atom stereocenters. The van der Waals surface area contributed by atoms with E-state index in [4.69, 9.17) is 32.1 Å². The zero-order valence-electron chi connectivity index (χ0n) is 60.9. The number of rotatable bonds is 16. The molecule has 0 unspecified atom stereocenters. The Kier molecular flexibility index (Phi) is 25.9. The van der Waals surface area contributed by atoms with E-state index in [9.17, 15) is 62.5 Å². The van der Waals surface area contributed by atoms with Gasteiger partial charge in [-0.15, -0.1) is 0 Å². The second kappa shape index (κ2) is 35.6. The number of hydrogen-bond acceptors (Lipinski definition) is 20. The number of carbonyl (C=O) groups is 6. The van der Waals surface area contributed by atoms with E-state index in [2.05, 4.69) is 56.9 Å². The third-order valence-corrected chi connectivity index (χ3v) is 20.5. The zero-order valence-corrected chi connectivity index (χ0v) is 60.9. The Morgan fingerprint density at radius 1 is 0.541 bits per heavy atom. The third-order valence-electron chi connectivity index (χ3n) is 20.5. The predicted molar refractivity (Wildman–Crippen MR) is 389 cm³/mol. The van der Waals surface area contributed by atoms with Crippen molar-refractivity contribution in [2.24, 2.45) is 17.8 Å². The quantitative estimate of drug-likeness (QED) is 0.0487. The molecule has 8 aliphatic heterocycles. The van der Waals surface area contributed by atoms with Crippen molar-refractivity contribution in [2.45, 2.75) is 154 Å². The minimum atomic E-state index is -1.87. The van der Waals surface area contributed by atoms with Crippen LogP contribution in [0.25, 0.3) is 9.69 Å². The van der Waals surface area contributed by atoms with Crippen molar-refractivity contribution in [2.75, 3.05) is 73.6 Å². The molecule has 7 N–H and O–H groups in total. The minimum Gasteiger partial charge on any atom is -0.479 e. The summed E-state index contributed by atoms with van der Waals surface area (Å²) in [5.74, 6) is -6.80. The van der Waals surface area contributed by atoms with Gasteiger partial charge in [-0.3, -0.25) is 38.9 Å². The number of nitrogens with one attached hydrogen (secondary N) is 4. The maximum absolute atomic E-state index is 13.5. The number of nitriles is 1. The lowest BCUT2D eigenvalue weighted by Gasteiger charge is -2.34. The monoisotopic (exact) mass is 1500 g/mol. The van der Waals surface area contributed by atoms with Crippen LogP contribution < -0.4 is 36.0 Å². The molecule has 3 aromatic heterocycles. The second-order valence-electron chi connectivity index (χ2n) is 28.9. The Hall–Kier alpha value is -10.7. The van der Waals surface area contributed by atoms with Gasteiger partial charge >= 0.3 is 5.97 Å². The van der Waals surface area contributed by atoms with Crippen LogP contribution >= 0.6 is 0 Å². The molecule has 0 spiro atoms. The minimum absolute atomic E-state index is 0.131. The van der Waals surface area contributed by atoms with Crippen molar-refractivity contribution in [1.82, 2.24) is 46.0 Å². The van der Waals surface area contributed by atoms with Crippen molar-refractivity contribution in [1.29, 1.82) is 5.26 Å². The summed E-state index contributed by atoms with van der Waals surface area (Å²) in [5.41, 5.74) is 9.57. The number of anilines is 3. The molecule has 0 aliphatic carbocycles. The number of piperidine rings is 3. The molecular formula is C78H88F3N15O13. The lowest BCUT2D eigenvalue weighted by Crippen LogP contribution is -2.50. The summed E-state index contributed by atoms with van der Waals surface area (Å²) in [6.07, 6.45) is 6.82. The molecule has 8 aliphatic rings. The summed E-state index contributed by atoms with van der Waals surface area (Å²) in [6, 6.07) is 20.4. The van der Waals surface area contributed by atoms with Gasteiger partial charge in [-0.05, 0) is 190 Å². The molecule has 109 heavy (non-hydrogen) atoms. The number of carboxylic acid groups (broad SMARTS) is 1. The number of ether oxygens (including phenoxy) is 4. The molecule has 574 valence electrons. The summed E-state index contributed by atoms with van der Waals surface area (Å²) in [5, 5.41) is 50.7. The SMILES string of the molecule is N#Cc1cc(F)ccc1N1CCC(CNC(=O)[C@H](O)[C@@H](O)C(=O)N2Cc3ccncc3C2)CC1.[C-]#[N+]c1cc(F)ccc1N1CCC(CNC(=O)[C@@H]2OC(C)(C)O[C@H]2C(=O)N2Cc3ccncc3C2)CC1.[C-]#[N+]c1cc(F)ccc1N1CCC(CNC(=O)[C@@H]2OC(C)(C)O[C@H]2C(=O)O)CC1.c1cc2c(cn1)CNC2. The Balaban J connectivity index is 0.000000154. The number of carbonyl (C=O) groups excluding carboxylic acids is 5. The molecule has 11 heterocycles. The molecule has 5 fully saturated rings. The number of halogens is 3. The Morgan fingerprint density at radius 3 is 1.40 bits per heavy atom. The van der Waals surface area contributed by atoms with E-state index in [-0.39, 0.29) is 47.4 Å². The molecule has 0 saturated carbocycles. The number of nitrogens with zero attached hydrogens (tertiary/aromatic N) is 11. The van der Waals surface area contributed by atoms with Crippen molar-refractivity contribution < 1.29 is 76.2 Å². The first-order chi connectivity index (χ1) is 52.3. The lowest BCUT2D eigenvalue weighted by molar-refractivity contribution is -0.166. The number of benzene rings is 3. The van der Waals surface area contributed by atoms with Crippen LogP contribution in [-0.2, 0) is 87.0 Å². The van der Waals surface area contributed by atoms with E-state index in [1.165, 1.54) is 52.4 Å². The van der Waals surface area contributed by atoms with Gasteiger partial charge in [-0.1, -0.05) is 0 Å². The average Bonchev–Trinajstić information content (AvgIpc) is 1.42. The highest BCUT2D eigenvalue weighted by Crippen LogP contribution is 2.37. The summed E-state index contributed by atoms with van der Waals surface area (Å²) in [4.78, 5) is 103. The molecule has 28 nitrogen and oxygen atoms in total. The van der Waals surface area contributed by atoms with E-state index in [0.29, 0.717) is 95.6 Å². The number of fused-ring (bicyclic) bond motifs is 3. The van der Waals surface area contributed by atoms with Crippen LogP contribution in [0.4, 0.5) is 41.6 Å². The van der Waals surface area contributed by atoms with Crippen LogP contribution in [0.2, 0.25) is 0 Å².